The van der Waals surface area contributed by atoms with E-state index in [2.05, 4.69) is 37.3 Å². The summed E-state index contributed by atoms with van der Waals surface area (Å²) in [4.78, 5) is 0. The molecule has 0 saturated heterocycles. The van der Waals surface area contributed by atoms with E-state index < -0.39 is 0 Å². The molecule has 1 unspecified atom stereocenters. The van der Waals surface area contributed by atoms with E-state index in [4.69, 9.17) is 5.26 Å². The molecule has 1 rings (SSSR count). The third-order valence-electron chi connectivity index (χ3n) is 2.21. The lowest BCUT2D eigenvalue weighted by atomic mass is 10.2. The summed E-state index contributed by atoms with van der Waals surface area (Å²) in [6.45, 7) is 7.07. The molecule has 1 heterocycles. The van der Waals surface area contributed by atoms with Gasteiger partial charge in [0.15, 0.2) is 0 Å². The van der Waals surface area contributed by atoms with Gasteiger partial charge in [-0.3, -0.25) is 10.00 Å². The third kappa shape index (κ3) is 3.07. The smallest absolute Gasteiger partial charge is 0.124 e. The SMILES string of the molecule is CCCNC(C#N)c1cnn(C(C)C)c1. The number of nitriles is 1. The highest BCUT2D eigenvalue weighted by Crippen LogP contribution is 2.13. The van der Waals surface area contributed by atoms with Gasteiger partial charge in [0.25, 0.3) is 0 Å². The molecule has 1 aromatic rings. The predicted molar refractivity (Wildman–Crippen MR) is 59.3 cm³/mol. The maximum absolute atomic E-state index is 9.00. The highest BCUT2D eigenvalue weighted by Gasteiger charge is 2.12. The molecule has 0 fully saturated rings. The quantitative estimate of drug-likeness (QED) is 0.802. The number of nitrogens with zero attached hydrogens (tertiary/aromatic N) is 3. The molecule has 0 radical (unpaired) electrons. The fourth-order valence-corrected chi connectivity index (χ4v) is 1.31. The van der Waals surface area contributed by atoms with Crippen LogP contribution in [0.3, 0.4) is 0 Å². The van der Waals surface area contributed by atoms with Gasteiger partial charge in [-0.2, -0.15) is 10.4 Å². The molecule has 1 aromatic heterocycles. The standard InChI is InChI=1S/C11H18N4/c1-4-5-13-11(6-12)10-7-14-15(8-10)9(2)3/h7-9,11,13H,4-5H2,1-3H3. The van der Waals surface area contributed by atoms with Crippen LogP contribution in [-0.2, 0) is 0 Å². The van der Waals surface area contributed by atoms with Gasteiger partial charge in [-0.25, -0.2) is 0 Å². The summed E-state index contributed by atoms with van der Waals surface area (Å²) >= 11 is 0. The Hall–Kier alpha value is -1.34. The average Bonchev–Trinajstić information content (AvgIpc) is 2.68. The zero-order valence-electron chi connectivity index (χ0n) is 9.57. The monoisotopic (exact) mass is 206 g/mol. The summed E-state index contributed by atoms with van der Waals surface area (Å²) in [5.74, 6) is 0. The van der Waals surface area contributed by atoms with Crippen molar-refractivity contribution in [3.8, 4) is 6.07 Å². The van der Waals surface area contributed by atoms with Crippen molar-refractivity contribution in [2.24, 2.45) is 0 Å². The van der Waals surface area contributed by atoms with Gasteiger partial charge < -0.3 is 0 Å². The number of nitrogens with one attached hydrogen (secondary N) is 1. The number of hydrogen-bond acceptors (Lipinski definition) is 3. The van der Waals surface area contributed by atoms with Crippen molar-refractivity contribution < 1.29 is 0 Å². The molecule has 15 heavy (non-hydrogen) atoms. The topological polar surface area (TPSA) is 53.6 Å². The second-order valence-electron chi connectivity index (χ2n) is 3.86. The molecule has 0 aromatic carbocycles. The van der Waals surface area contributed by atoms with Crippen LogP contribution in [0.25, 0.3) is 0 Å². The van der Waals surface area contributed by atoms with Crippen LogP contribution in [0.1, 0.15) is 44.8 Å². The maximum Gasteiger partial charge on any atom is 0.124 e. The Morgan fingerprint density at radius 3 is 2.80 bits per heavy atom. The maximum atomic E-state index is 9.00. The summed E-state index contributed by atoms with van der Waals surface area (Å²) in [6, 6.07) is 2.34. The third-order valence-corrected chi connectivity index (χ3v) is 2.21. The van der Waals surface area contributed by atoms with Crippen LogP contribution >= 0.6 is 0 Å². The average molecular weight is 206 g/mol. The molecule has 0 aliphatic heterocycles. The lowest BCUT2D eigenvalue weighted by Crippen LogP contribution is -2.20. The van der Waals surface area contributed by atoms with Crippen LogP contribution < -0.4 is 5.32 Å². The van der Waals surface area contributed by atoms with Gasteiger partial charge in [0.1, 0.15) is 6.04 Å². The van der Waals surface area contributed by atoms with Gasteiger partial charge >= 0.3 is 0 Å². The lowest BCUT2D eigenvalue weighted by molar-refractivity contribution is 0.531. The Bertz CT molecular complexity index is 335. The van der Waals surface area contributed by atoms with Crippen LogP contribution in [0.4, 0.5) is 0 Å². The Kier molecular flexibility index (Phi) is 4.32. The predicted octanol–water partition coefficient (Wildman–Crippen LogP) is 2.03. The number of hydrogen-bond donors (Lipinski definition) is 1. The molecule has 4 heteroatoms. The first-order chi connectivity index (χ1) is 7.19. The molecule has 0 saturated carbocycles. The first-order valence-electron chi connectivity index (χ1n) is 5.36. The van der Waals surface area contributed by atoms with E-state index in [0.29, 0.717) is 6.04 Å². The molecule has 82 valence electrons. The Labute approximate surface area is 90.9 Å². The summed E-state index contributed by atoms with van der Waals surface area (Å²) in [6.07, 6.45) is 4.72. The first kappa shape index (κ1) is 11.7. The van der Waals surface area contributed by atoms with E-state index >= 15 is 0 Å². The summed E-state index contributed by atoms with van der Waals surface area (Å²) < 4.78 is 1.87. The molecule has 0 spiro atoms. The minimum Gasteiger partial charge on any atom is -0.298 e. The number of aromatic nitrogens is 2. The van der Waals surface area contributed by atoms with Crippen LogP contribution in [0.5, 0.6) is 0 Å². The molecule has 0 amide bonds. The summed E-state index contributed by atoms with van der Waals surface area (Å²) in [7, 11) is 0. The second kappa shape index (κ2) is 5.52. The Balaban J connectivity index is 2.71. The highest BCUT2D eigenvalue weighted by atomic mass is 15.3. The molecular formula is C11H18N4. The first-order valence-corrected chi connectivity index (χ1v) is 5.36. The van der Waals surface area contributed by atoms with Crippen LogP contribution in [0.15, 0.2) is 12.4 Å². The van der Waals surface area contributed by atoms with Crippen LogP contribution in [0, 0.1) is 11.3 Å². The van der Waals surface area contributed by atoms with Crippen molar-refractivity contribution in [2.45, 2.75) is 39.3 Å². The largest absolute Gasteiger partial charge is 0.298 e. The van der Waals surface area contributed by atoms with E-state index in [-0.39, 0.29) is 6.04 Å². The Morgan fingerprint density at radius 2 is 2.33 bits per heavy atom. The summed E-state index contributed by atoms with van der Waals surface area (Å²) in [5.41, 5.74) is 0.944. The second-order valence-corrected chi connectivity index (χ2v) is 3.86. The lowest BCUT2D eigenvalue weighted by Gasteiger charge is -2.08. The zero-order valence-corrected chi connectivity index (χ0v) is 9.57. The van der Waals surface area contributed by atoms with Gasteiger partial charge in [-0.15, -0.1) is 0 Å². The van der Waals surface area contributed by atoms with Gasteiger partial charge in [0.05, 0.1) is 12.3 Å². The fourth-order valence-electron chi connectivity index (χ4n) is 1.31. The molecule has 1 atom stereocenters. The Morgan fingerprint density at radius 1 is 1.60 bits per heavy atom. The summed E-state index contributed by atoms with van der Waals surface area (Å²) in [5, 5.41) is 16.4. The minimum atomic E-state index is -0.238. The van der Waals surface area contributed by atoms with Crippen molar-refractivity contribution in [1.29, 1.82) is 5.26 Å². The van der Waals surface area contributed by atoms with Crippen LogP contribution in [-0.4, -0.2) is 16.3 Å². The van der Waals surface area contributed by atoms with E-state index in [1.807, 2.05) is 10.9 Å². The van der Waals surface area contributed by atoms with E-state index in [1.165, 1.54) is 0 Å². The van der Waals surface area contributed by atoms with Crippen molar-refractivity contribution in [2.75, 3.05) is 6.54 Å². The zero-order chi connectivity index (χ0) is 11.3. The van der Waals surface area contributed by atoms with E-state index in [9.17, 15) is 0 Å². The van der Waals surface area contributed by atoms with Gasteiger partial charge in [-0.05, 0) is 26.8 Å². The molecular weight excluding hydrogens is 188 g/mol. The van der Waals surface area contributed by atoms with Gasteiger partial charge in [0.2, 0.25) is 0 Å². The minimum absolute atomic E-state index is 0.238. The van der Waals surface area contributed by atoms with Crippen molar-refractivity contribution in [3.63, 3.8) is 0 Å². The van der Waals surface area contributed by atoms with Crippen molar-refractivity contribution >= 4 is 0 Å². The molecule has 0 bridgehead atoms. The van der Waals surface area contributed by atoms with E-state index in [0.717, 1.165) is 18.5 Å². The van der Waals surface area contributed by atoms with Crippen molar-refractivity contribution in [3.05, 3.63) is 18.0 Å². The molecule has 1 N–H and O–H groups in total. The van der Waals surface area contributed by atoms with Crippen LogP contribution in [0.2, 0.25) is 0 Å². The molecule has 4 nitrogen and oxygen atoms in total. The highest BCUT2D eigenvalue weighted by molar-refractivity contribution is 5.17. The molecule has 0 aliphatic carbocycles. The van der Waals surface area contributed by atoms with Gasteiger partial charge in [0, 0.05) is 17.8 Å². The normalized spacial score (nSPS) is 12.7. The van der Waals surface area contributed by atoms with E-state index in [1.54, 1.807) is 6.20 Å². The fraction of sp³-hybridized carbons (Fsp3) is 0.636. The number of rotatable bonds is 5. The molecule has 0 aliphatic rings. The van der Waals surface area contributed by atoms with Gasteiger partial charge in [-0.1, -0.05) is 6.92 Å². The van der Waals surface area contributed by atoms with Crippen molar-refractivity contribution in [1.82, 2.24) is 15.1 Å².